The molecular formula is C23H31N3O3. The van der Waals surface area contributed by atoms with Crippen LogP contribution in [-0.2, 0) is 0 Å². The number of hydrogen-bond donors (Lipinski definition) is 0. The summed E-state index contributed by atoms with van der Waals surface area (Å²) in [6.07, 6.45) is 0. The molecule has 2 aromatic carbocycles. The van der Waals surface area contributed by atoms with E-state index in [0.717, 1.165) is 26.2 Å². The number of anilines is 2. The zero-order valence-corrected chi connectivity index (χ0v) is 17.9. The number of nitrogens with zero attached hydrogens (tertiary/aromatic N) is 3. The second-order valence-electron chi connectivity index (χ2n) is 7.04. The smallest absolute Gasteiger partial charge is 0.254 e. The van der Waals surface area contributed by atoms with Gasteiger partial charge in [0.25, 0.3) is 5.91 Å². The molecule has 0 radical (unpaired) electrons. The molecule has 0 spiro atoms. The summed E-state index contributed by atoms with van der Waals surface area (Å²) in [4.78, 5) is 19.5. The molecule has 1 aliphatic heterocycles. The maximum absolute atomic E-state index is 12.9. The number of rotatable bonds is 7. The number of carbonyl (C=O) groups is 1. The van der Waals surface area contributed by atoms with Gasteiger partial charge < -0.3 is 24.2 Å². The van der Waals surface area contributed by atoms with Gasteiger partial charge in [0.05, 0.1) is 14.2 Å². The highest BCUT2D eigenvalue weighted by atomic mass is 16.5. The van der Waals surface area contributed by atoms with E-state index >= 15 is 0 Å². The molecule has 0 aliphatic carbocycles. The van der Waals surface area contributed by atoms with Gasteiger partial charge in [0.15, 0.2) is 11.5 Å². The van der Waals surface area contributed by atoms with Crippen LogP contribution in [0.4, 0.5) is 11.4 Å². The molecule has 2 aromatic rings. The first-order valence-electron chi connectivity index (χ1n) is 10.2. The maximum Gasteiger partial charge on any atom is 0.254 e. The van der Waals surface area contributed by atoms with Gasteiger partial charge >= 0.3 is 0 Å². The van der Waals surface area contributed by atoms with Gasteiger partial charge in [-0.15, -0.1) is 0 Å². The lowest BCUT2D eigenvalue weighted by molar-refractivity contribution is 0.0746. The predicted octanol–water partition coefficient (Wildman–Crippen LogP) is 3.51. The normalized spacial score (nSPS) is 13.9. The Morgan fingerprint density at radius 2 is 1.52 bits per heavy atom. The molecule has 156 valence electrons. The topological polar surface area (TPSA) is 45.2 Å². The summed E-state index contributed by atoms with van der Waals surface area (Å²) in [6.45, 7) is 9.40. The van der Waals surface area contributed by atoms with E-state index in [1.165, 1.54) is 11.4 Å². The number of amides is 1. The Labute approximate surface area is 173 Å². The van der Waals surface area contributed by atoms with Crippen molar-refractivity contribution >= 4 is 17.3 Å². The zero-order chi connectivity index (χ0) is 20.8. The molecule has 0 atom stereocenters. The minimum Gasteiger partial charge on any atom is -0.493 e. The largest absolute Gasteiger partial charge is 0.493 e. The number of carbonyl (C=O) groups excluding carboxylic acids is 1. The molecule has 29 heavy (non-hydrogen) atoms. The van der Waals surface area contributed by atoms with Crippen LogP contribution in [0.15, 0.2) is 42.5 Å². The molecule has 1 heterocycles. The van der Waals surface area contributed by atoms with Gasteiger partial charge in [-0.3, -0.25) is 4.79 Å². The minimum absolute atomic E-state index is 0.0301. The molecule has 1 saturated heterocycles. The second-order valence-corrected chi connectivity index (χ2v) is 7.04. The van der Waals surface area contributed by atoms with Gasteiger partial charge in [-0.25, -0.2) is 0 Å². The third kappa shape index (κ3) is 4.58. The molecule has 0 N–H and O–H groups in total. The molecule has 0 saturated carbocycles. The third-order valence-electron chi connectivity index (χ3n) is 5.54. The van der Waals surface area contributed by atoms with Crippen molar-refractivity contribution in [3.63, 3.8) is 0 Å². The van der Waals surface area contributed by atoms with Crippen LogP contribution < -0.4 is 19.3 Å². The van der Waals surface area contributed by atoms with E-state index in [1.54, 1.807) is 32.4 Å². The molecule has 0 unspecified atom stereocenters. The number of ether oxygens (including phenoxy) is 2. The van der Waals surface area contributed by atoms with Crippen molar-refractivity contribution in [2.75, 3.05) is 63.3 Å². The Morgan fingerprint density at radius 1 is 0.897 bits per heavy atom. The fourth-order valence-electron chi connectivity index (χ4n) is 3.78. The molecule has 0 bridgehead atoms. The van der Waals surface area contributed by atoms with Crippen molar-refractivity contribution in [2.24, 2.45) is 0 Å². The van der Waals surface area contributed by atoms with E-state index in [4.69, 9.17) is 9.47 Å². The number of methoxy groups -OCH3 is 2. The Kier molecular flexibility index (Phi) is 6.86. The van der Waals surface area contributed by atoms with Gasteiger partial charge in [0.1, 0.15) is 0 Å². The van der Waals surface area contributed by atoms with Crippen LogP contribution >= 0.6 is 0 Å². The highest BCUT2D eigenvalue weighted by Crippen LogP contribution is 2.28. The minimum atomic E-state index is 0.0301. The molecular weight excluding hydrogens is 366 g/mol. The van der Waals surface area contributed by atoms with Crippen LogP contribution in [0, 0.1) is 0 Å². The zero-order valence-electron chi connectivity index (χ0n) is 17.9. The number of hydrogen-bond acceptors (Lipinski definition) is 5. The first-order chi connectivity index (χ1) is 14.1. The fourth-order valence-corrected chi connectivity index (χ4v) is 3.78. The summed E-state index contributed by atoms with van der Waals surface area (Å²) in [5.41, 5.74) is 3.08. The SMILES string of the molecule is CCN(CC)c1ccc(N2CCN(C(=O)c3ccc(OC)c(OC)c3)CC2)cc1. The van der Waals surface area contributed by atoms with Crippen molar-refractivity contribution in [2.45, 2.75) is 13.8 Å². The average molecular weight is 398 g/mol. The Bertz CT molecular complexity index is 811. The lowest BCUT2D eigenvalue weighted by Gasteiger charge is -2.36. The number of piperazine rings is 1. The van der Waals surface area contributed by atoms with E-state index in [1.807, 2.05) is 4.90 Å². The highest BCUT2D eigenvalue weighted by Gasteiger charge is 2.23. The molecule has 6 heteroatoms. The van der Waals surface area contributed by atoms with Crippen LogP contribution in [0.25, 0.3) is 0 Å². The molecule has 1 fully saturated rings. The first-order valence-corrected chi connectivity index (χ1v) is 10.2. The van der Waals surface area contributed by atoms with Crippen LogP contribution in [-0.4, -0.2) is 64.3 Å². The van der Waals surface area contributed by atoms with Crippen LogP contribution in [0.1, 0.15) is 24.2 Å². The molecule has 1 aliphatic rings. The monoisotopic (exact) mass is 397 g/mol. The van der Waals surface area contributed by atoms with Gasteiger partial charge in [0.2, 0.25) is 0 Å². The molecule has 3 rings (SSSR count). The summed E-state index contributed by atoms with van der Waals surface area (Å²) < 4.78 is 10.6. The Balaban J connectivity index is 1.62. The van der Waals surface area contributed by atoms with Gasteiger partial charge in [0, 0.05) is 56.2 Å². The Morgan fingerprint density at radius 3 is 2.07 bits per heavy atom. The van der Waals surface area contributed by atoms with Crippen LogP contribution in [0.5, 0.6) is 11.5 Å². The van der Waals surface area contributed by atoms with E-state index in [2.05, 4.69) is 47.9 Å². The fraction of sp³-hybridized carbons (Fsp3) is 0.435. The molecule has 1 amide bonds. The van der Waals surface area contributed by atoms with Crippen molar-refractivity contribution in [3.8, 4) is 11.5 Å². The van der Waals surface area contributed by atoms with Gasteiger partial charge in [-0.2, -0.15) is 0 Å². The summed E-state index contributed by atoms with van der Waals surface area (Å²) in [5.74, 6) is 1.23. The highest BCUT2D eigenvalue weighted by molar-refractivity contribution is 5.95. The molecule has 6 nitrogen and oxygen atoms in total. The predicted molar refractivity (Wildman–Crippen MR) is 118 cm³/mol. The van der Waals surface area contributed by atoms with Crippen molar-refractivity contribution in [1.82, 2.24) is 4.90 Å². The van der Waals surface area contributed by atoms with E-state index < -0.39 is 0 Å². The van der Waals surface area contributed by atoms with E-state index in [-0.39, 0.29) is 5.91 Å². The van der Waals surface area contributed by atoms with Gasteiger partial charge in [-0.1, -0.05) is 0 Å². The van der Waals surface area contributed by atoms with Crippen molar-refractivity contribution in [3.05, 3.63) is 48.0 Å². The summed E-state index contributed by atoms with van der Waals surface area (Å²) >= 11 is 0. The molecule has 0 aromatic heterocycles. The lowest BCUT2D eigenvalue weighted by atomic mass is 10.1. The standard InChI is InChI=1S/C23H31N3O3/c1-5-24(6-2)19-8-10-20(11-9-19)25-13-15-26(16-14-25)23(27)18-7-12-21(28-3)22(17-18)29-4/h7-12,17H,5-6,13-16H2,1-4H3. The van der Waals surface area contributed by atoms with E-state index in [9.17, 15) is 4.79 Å². The summed E-state index contributed by atoms with van der Waals surface area (Å²) in [5, 5.41) is 0. The second kappa shape index (κ2) is 9.54. The van der Waals surface area contributed by atoms with Crippen molar-refractivity contribution < 1.29 is 14.3 Å². The Hall–Kier alpha value is -2.89. The summed E-state index contributed by atoms with van der Waals surface area (Å²) in [6, 6.07) is 14.0. The van der Waals surface area contributed by atoms with Crippen LogP contribution in [0.2, 0.25) is 0 Å². The van der Waals surface area contributed by atoms with Crippen LogP contribution in [0.3, 0.4) is 0 Å². The van der Waals surface area contributed by atoms with E-state index in [0.29, 0.717) is 30.2 Å². The van der Waals surface area contributed by atoms with Gasteiger partial charge in [-0.05, 0) is 56.3 Å². The quantitative estimate of drug-likeness (QED) is 0.715. The number of benzene rings is 2. The average Bonchev–Trinajstić information content (AvgIpc) is 2.79. The first kappa shape index (κ1) is 20.8. The summed E-state index contributed by atoms with van der Waals surface area (Å²) in [7, 11) is 3.17. The van der Waals surface area contributed by atoms with Crippen molar-refractivity contribution in [1.29, 1.82) is 0 Å². The third-order valence-corrected chi connectivity index (χ3v) is 5.54. The maximum atomic E-state index is 12.9. The lowest BCUT2D eigenvalue weighted by Crippen LogP contribution is -2.48.